The number of hydrogen-bond donors (Lipinski definition) is 1. The lowest BCUT2D eigenvalue weighted by Crippen LogP contribution is -2.33. The van der Waals surface area contributed by atoms with E-state index in [1.54, 1.807) is 0 Å². The van der Waals surface area contributed by atoms with Crippen LogP contribution < -0.4 is 5.32 Å². The highest BCUT2D eigenvalue weighted by molar-refractivity contribution is 5.76. The summed E-state index contributed by atoms with van der Waals surface area (Å²) in [5.74, 6) is 0.164. The highest BCUT2D eigenvalue weighted by Crippen LogP contribution is 2.03. The zero-order valence-electron chi connectivity index (χ0n) is 10.2. The van der Waals surface area contributed by atoms with Crippen LogP contribution in [-0.4, -0.2) is 11.9 Å². The second-order valence-corrected chi connectivity index (χ2v) is 4.07. The van der Waals surface area contributed by atoms with Gasteiger partial charge in [0.25, 0.3) is 0 Å². The Balaban J connectivity index is 2.30. The molecule has 0 fully saturated rings. The molecule has 1 aromatic carbocycles. The van der Waals surface area contributed by atoms with Crippen molar-refractivity contribution in [1.29, 1.82) is 0 Å². The number of aryl methyl sites for hydroxylation is 1. The number of amides is 1. The van der Waals surface area contributed by atoms with Gasteiger partial charge in [-0.1, -0.05) is 44.2 Å². The summed E-state index contributed by atoms with van der Waals surface area (Å²) >= 11 is 0. The molecule has 0 heterocycles. The number of carbonyl (C=O) groups is 1. The third-order valence-corrected chi connectivity index (χ3v) is 2.83. The van der Waals surface area contributed by atoms with Crippen LogP contribution in [-0.2, 0) is 11.2 Å². The standard InChI is InChI=1S/C14H21NO/c1-3-13(4-2)15-14(16)11-10-12-8-6-5-7-9-12/h5-9,13H,3-4,10-11H2,1-2H3,(H,15,16). The molecule has 0 aromatic heterocycles. The van der Waals surface area contributed by atoms with E-state index in [1.165, 1.54) is 5.56 Å². The van der Waals surface area contributed by atoms with Crippen LogP contribution in [0, 0.1) is 0 Å². The summed E-state index contributed by atoms with van der Waals surface area (Å²) < 4.78 is 0. The SMILES string of the molecule is CCC(CC)NC(=O)CCc1ccccc1. The fraction of sp³-hybridized carbons (Fsp3) is 0.500. The molecule has 1 aromatic rings. The van der Waals surface area contributed by atoms with E-state index in [-0.39, 0.29) is 5.91 Å². The second-order valence-electron chi connectivity index (χ2n) is 4.07. The molecule has 0 saturated carbocycles. The van der Waals surface area contributed by atoms with Gasteiger partial charge in [0, 0.05) is 12.5 Å². The second kappa shape index (κ2) is 7.04. The van der Waals surface area contributed by atoms with Gasteiger partial charge >= 0.3 is 0 Å². The molecular weight excluding hydrogens is 198 g/mol. The predicted molar refractivity (Wildman–Crippen MR) is 67.3 cm³/mol. The molecule has 0 unspecified atom stereocenters. The predicted octanol–water partition coefficient (Wildman–Crippen LogP) is 2.92. The largest absolute Gasteiger partial charge is 0.353 e. The number of hydrogen-bond acceptors (Lipinski definition) is 1. The van der Waals surface area contributed by atoms with Crippen molar-refractivity contribution in [1.82, 2.24) is 5.32 Å². The van der Waals surface area contributed by atoms with Crippen LogP contribution in [0.4, 0.5) is 0 Å². The number of nitrogens with one attached hydrogen (secondary N) is 1. The zero-order valence-corrected chi connectivity index (χ0v) is 10.2. The minimum absolute atomic E-state index is 0.164. The lowest BCUT2D eigenvalue weighted by Gasteiger charge is -2.14. The summed E-state index contributed by atoms with van der Waals surface area (Å²) in [6.45, 7) is 4.21. The Morgan fingerprint density at radius 1 is 1.19 bits per heavy atom. The Labute approximate surface area is 98.1 Å². The van der Waals surface area contributed by atoms with E-state index >= 15 is 0 Å². The Morgan fingerprint density at radius 2 is 1.81 bits per heavy atom. The minimum atomic E-state index is 0.164. The van der Waals surface area contributed by atoms with E-state index in [4.69, 9.17) is 0 Å². The van der Waals surface area contributed by atoms with Crippen molar-refractivity contribution in [2.24, 2.45) is 0 Å². The van der Waals surface area contributed by atoms with Gasteiger partial charge in [-0.3, -0.25) is 4.79 Å². The molecule has 0 spiro atoms. The summed E-state index contributed by atoms with van der Waals surface area (Å²) in [6, 6.07) is 10.5. The zero-order chi connectivity index (χ0) is 11.8. The fourth-order valence-electron chi connectivity index (χ4n) is 1.70. The van der Waals surface area contributed by atoms with Gasteiger partial charge in [-0.2, -0.15) is 0 Å². The summed E-state index contributed by atoms with van der Waals surface area (Å²) in [5, 5.41) is 3.05. The van der Waals surface area contributed by atoms with Crippen LogP contribution in [0.1, 0.15) is 38.7 Å². The van der Waals surface area contributed by atoms with E-state index in [0.717, 1.165) is 19.3 Å². The third-order valence-electron chi connectivity index (χ3n) is 2.83. The fourth-order valence-corrected chi connectivity index (χ4v) is 1.70. The van der Waals surface area contributed by atoms with E-state index < -0.39 is 0 Å². The Bertz CT molecular complexity index is 304. The van der Waals surface area contributed by atoms with Crippen molar-refractivity contribution in [2.75, 3.05) is 0 Å². The lowest BCUT2D eigenvalue weighted by molar-refractivity contribution is -0.121. The number of rotatable bonds is 6. The minimum Gasteiger partial charge on any atom is -0.353 e. The average molecular weight is 219 g/mol. The van der Waals surface area contributed by atoms with Crippen LogP contribution >= 0.6 is 0 Å². The summed E-state index contributed by atoms with van der Waals surface area (Å²) in [7, 11) is 0. The molecule has 16 heavy (non-hydrogen) atoms. The molecule has 0 aliphatic carbocycles. The first-order valence-electron chi connectivity index (χ1n) is 6.09. The Kier molecular flexibility index (Phi) is 5.62. The van der Waals surface area contributed by atoms with Gasteiger partial charge < -0.3 is 5.32 Å². The molecule has 88 valence electrons. The quantitative estimate of drug-likeness (QED) is 0.783. The average Bonchev–Trinajstić information content (AvgIpc) is 2.34. The van der Waals surface area contributed by atoms with Gasteiger partial charge in [-0.25, -0.2) is 0 Å². The summed E-state index contributed by atoms with van der Waals surface area (Å²) in [6.07, 6.45) is 3.43. The molecule has 0 aliphatic heterocycles. The van der Waals surface area contributed by atoms with Crippen molar-refractivity contribution in [2.45, 2.75) is 45.6 Å². The first-order valence-corrected chi connectivity index (χ1v) is 6.09. The Hall–Kier alpha value is -1.31. The lowest BCUT2D eigenvalue weighted by atomic mass is 10.1. The van der Waals surface area contributed by atoms with Crippen molar-refractivity contribution in [3.05, 3.63) is 35.9 Å². The molecule has 0 atom stereocenters. The number of carbonyl (C=O) groups excluding carboxylic acids is 1. The van der Waals surface area contributed by atoms with Gasteiger partial charge in [0.2, 0.25) is 5.91 Å². The monoisotopic (exact) mass is 219 g/mol. The van der Waals surface area contributed by atoms with Crippen LogP contribution in [0.2, 0.25) is 0 Å². The molecule has 2 nitrogen and oxygen atoms in total. The maximum atomic E-state index is 11.6. The number of benzene rings is 1. The van der Waals surface area contributed by atoms with Crippen molar-refractivity contribution in [3.63, 3.8) is 0 Å². The molecule has 0 bridgehead atoms. The molecule has 1 N–H and O–H groups in total. The van der Waals surface area contributed by atoms with Crippen molar-refractivity contribution >= 4 is 5.91 Å². The summed E-state index contributed by atoms with van der Waals surface area (Å²) in [4.78, 5) is 11.6. The molecule has 0 radical (unpaired) electrons. The van der Waals surface area contributed by atoms with Crippen LogP contribution in [0.3, 0.4) is 0 Å². The van der Waals surface area contributed by atoms with Gasteiger partial charge in [0.15, 0.2) is 0 Å². The Morgan fingerprint density at radius 3 is 2.38 bits per heavy atom. The first kappa shape index (κ1) is 12.8. The highest BCUT2D eigenvalue weighted by atomic mass is 16.1. The van der Waals surface area contributed by atoms with Crippen molar-refractivity contribution in [3.8, 4) is 0 Å². The third kappa shape index (κ3) is 4.47. The molecule has 2 heteroatoms. The van der Waals surface area contributed by atoms with E-state index in [2.05, 4.69) is 31.3 Å². The maximum absolute atomic E-state index is 11.6. The molecule has 1 amide bonds. The topological polar surface area (TPSA) is 29.1 Å². The smallest absolute Gasteiger partial charge is 0.220 e. The first-order chi connectivity index (χ1) is 7.76. The molecular formula is C14H21NO. The maximum Gasteiger partial charge on any atom is 0.220 e. The van der Waals surface area contributed by atoms with Gasteiger partial charge in [0.05, 0.1) is 0 Å². The van der Waals surface area contributed by atoms with E-state index in [9.17, 15) is 4.79 Å². The van der Waals surface area contributed by atoms with Crippen molar-refractivity contribution < 1.29 is 4.79 Å². The van der Waals surface area contributed by atoms with Crippen LogP contribution in [0.25, 0.3) is 0 Å². The summed E-state index contributed by atoms with van der Waals surface area (Å²) in [5.41, 5.74) is 1.22. The van der Waals surface area contributed by atoms with Crippen LogP contribution in [0.5, 0.6) is 0 Å². The molecule has 0 saturated heterocycles. The molecule has 1 rings (SSSR count). The highest BCUT2D eigenvalue weighted by Gasteiger charge is 2.07. The van der Waals surface area contributed by atoms with Gasteiger partial charge in [0.1, 0.15) is 0 Å². The van der Waals surface area contributed by atoms with E-state index in [0.29, 0.717) is 12.5 Å². The van der Waals surface area contributed by atoms with Gasteiger partial charge in [-0.15, -0.1) is 0 Å². The molecule has 0 aliphatic rings. The normalized spacial score (nSPS) is 10.4. The van der Waals surface area contributed by atoms with E-state index in [1.807, 2.05) is 18.2 Å². The van der Waals surface area contributed by atoms with Gasteiger partial charge in [-0.05, 0) is 24.8 Å². The van der Waals surface area contributed by atoms with Crippen LogP contribution in [0.15, 0.2) is 30.3 Å².